The average molecular weight is 198 g/mol. The Kier molecular flexibility index (Phi) is 3.68. The van der Waals surface area contributed by atoms with Gasteiger partial charge < -0.3 is 9.47 Å². The first-order valence-corrected chi connectivity index (χ1v) is 4.68. The van der Waals surface area contributed by atoms with Crippen molar-refractivity contribution in [3.05, 3.63) is 11.3 Å². The standard InChI is InChI=1S/C10H14O4/c1-3-4-5-8-9(10(12)13-2)7(11)6-14-8/h3-6H2,1-2H3. The highest BCUT2D eigenvalue weighted by Crippen LogP contribution is 2.22. The first-order chi connectivity index (χ1) is 6.70. The molecule has 0 N–H and O–H groups in total. The minimum absolute atomic E-state index is 0.0243. The van der Waals surface area contributed by atoms with Crippen LogP contribution in [0.5, 0.6) is 0 Å². The number of unbranched alkanes of at least 4 members (excludes halogenated alkanes) is 1. The van der Waals surface area contributed by atoms with E-state index in [1.54, 1.807) is 0 Å². The van der Waals surface area contributed by atoms with Gasteiger partial charge in [-0.15, -0.1) is 0 Å². The molecule has 0 aromatic rings. The lowest BCUT2D eigenvalue weighted by Crippen LogP contribution is -2.13. The van der Waals surface area contributed by atoms with Gasteiger partial charge in [-0.25, -0.2) is 4.79 Å². The molecule has 0 unspecified atom stereocenters. The molecule has 0 amide bonds. The molecule has 0 atom stereocenters. The monoisotopic (exact) mass is 198 g/mol. The van der Waals surface area contributed by atoms with Gasteiger partial charge in [0.25, 0.3) is 0 Å². The van der Waals surface area contributed by atoms with Crippen LogP contribution in [0.1, 0.15) is 26.2 Å². The molecule has 1 heterocycles. The van der Waals surface area contributed by atoms with E-state index in [9.17, 15) is 9.59 Å². The van der Waals surface area contributed by atoms with E-state index >= 15 is 0 Å². The third-order valence-corrected chi connectivity index (χ3v) is 2.08. The number of methoxy groups -OCH3 is 1. The van der Waals surface area contributed by atoms with Gasteiger partial charge in [0.1, 0.15) is 11.3 Å². The zero-order valence-electron chi connectivity index (χ0n) is 8.46. The van der Waals surface area contributed by atoms with E-state index in [0.29, 0.717) is 12.2 Å². The summed E-state index contributed by atoms with van der Waals surface area (Å²) in [7, 11) is 1.26. The van der Waals surface area contributed by atoms with Gasteiger partial charge in [-0.05, 0) is 6.42 Å². The fraction of sp³-hybridized carbons (Fsp3) is 0.600. The van der Waals surface area contributed by atoms with E-state index < -0.39 is 5.97 Å². The molecule has 0 saturated carbocycles. The molecule has 0 radical (unpaired) electrons. The lowest BCUT2D eigenvalue weighted by Gasteiger charge is -2.02. The Labute approximate surface area is 82.9 Å². The smallest absolute Gasteiger partial charge is 0.345 e. The summed E-state index contributed by atoms with van der Waals surface area (Å²) in [4.78, 5) is 22.5. The van der Waals surface area contributed by atoms with Crippen LogP contribution < -0.4 is 0 Å². The lowest BCUT2D eigenvalue weighted by molar-refractivity contribution is -0.137. The number of hydrogen-bond acceptors (Lipinski definition) is 4. The fourth-order valence-corrected chi connectivity index (χ4v) is 1.32. The van der Waals surface area contributed by atoms with Crippen LogP contribution in [-0.4, -0.2) is 25.5 Å². The number of carbonyl (C=O) groups excluding carboxylic acids is 2. The van der Waals surface area contributed by atoms with Crippen molar-refractivity contribution in [3.8, 4) is 0 Å². The maximum Gasteiger partial charge on any atom is 0.345 e. The van der Waals surface area contributed by atoms with Crippen LogP contribution in [0.15, 0.2) is 11.3 Å². The lowest BCUT2D eigenvalue weighted by atomic mass is 10.1. The maximum atomic E-state index is 11.3. The highest BCUT2D eigenvalue weighted by molar-refractivity contribution is 6.19. The minimum Gasteiger partial charge on any atom is -0.489 e. The highest BCUT2D eigenvalue weighted by Gasteiger charge is 2.30. The largest absolute Gasteiger partial charge is 0.489 e. The predicted octanol–water partition coefficient (Wildman–Crippen LogP) is 1.20. The first kappa shape index (κ1) is 10.8. The molecule has 4 heteroatoms. The average Bonchev–Trinajstić information content (AvgIpc) is 2.55. The summed E-state index contributed by atoms with van der Waals surface area (Å²) in [5.74, 6) is -0.370. The number of esters is 1. The summed E-state index contributed by atoms with van der Waals surface area (Å²) in [6.45, 7) is 2.01. The van der Waals surface area contributed by atoms with Crippen molar-refractivity contribution < 1.29 is 19.1 Å². The Morgan fingerprint density at radius 3 is 2.86 bits per heavy atom. The molecule has 0 aliphatic carbocycles. The molecule has 0 aromatic heterocycles. The van der Waals surface area contributed by atoms with Crippen molar-refractivity contribution in [2.24, 2.45) is 0 Å². The summed E-state index contributed by atoms with van der Waals surface area (Å²) in [5.41, 5.74) is 0.0981. The molecule has 0 spiro atoms. The number of ether oxygens (including phenoxy) is 2. The molecule has 0 fully saturated rings. The van der Waals surface area contributed by atoms with Crippen LogP contribution in [-0.2, 0) is 19.1 Å². The molecule has 0 bridgehead atoms. The Morgan fingerprint density at radius 1 is 1.57 bits per heavy atom. The van der Waals surface area contributed by atoms with Crippen LogP contribution in [0.25, 0.3) is 0 Å². The maximum absolute atomic E-state index is 11.3. The third-order valence-electron chi connectivity index (χ3n) is 2.08. The number of Topliss-reactive ketones (excluding diaryl/α,β-unsaturated/α-hetero) is 1. The molecule has 1 aliphatic rings. The molecule has 0 aromatic carbocycles. The Hall–Kier alpha value is -1.32. The third kappa shape index (κ3) is 2.13. The fourth-order valence-electron chi connectivity index (χ4n) is 1.32. The van der Waals surface area contributed by atoms with Crippen LogP contribution in [0.4, 0.5) is 0 Å². The molecule has 14 heavy (non-hydrogen) atoms. The Balaban J connectivity index is 2.79. The quantitative estimate of drug-likeness (QED) is 0.503. The number of rotatable bonds is 4. The number of hydrogen-bond donors (Lipinski definition) is 0. The topological polar surface area (TPSA) is 52.6 Å². The summed E-state index contributed by atoms with van der Waals surface area (Å²) in [6.07, 6.45) is 2.53. The van der Waals surface area contributed by atoms with E-state index in [1.165, 1.54) is 7.11 Å². The van der Waals surface area contributed by atoms with Crippen molar-refractivity contribution in [2.75, 3.05) is 13.7 Å². The van der Waals surface area contributed by atoms with Crippen molar-refractivity contribution in [2.45, 2.75) is 26.2 Å². The van der Waals surface area contributed by atoms with E-state index in [2.05, 4.69) is 4.74 Å². The van der Waals surface area contributed by atoms with Gasteiger partial charge in [0, 0.05) is 6.42 Å². The highest BCUT2D eigenvalue weighted by atomic mass is 16.5. The van der Waals surface area contributed by atoms with Crippen molar-refractivity contribution in [3.63, 3.8) is 0 Å². The summed E-state index contributed by atoms with van der Waals surface area (Å²) in [5, 5.41) is 0. The zero-order chi connectivity index (χ0) is 10.6. The normalized spacial score (nSPS) is 15.7. The molecular weight excluding hydrogens is 184 g/mol. The number of carbonyl (C=O) groups is 2. The molecule has 78 valence electrons. The van der Waals surface area contributed by atoms with Crippen molar-refractivity contribution >= 4 is 11.8 Å². The van der Waals surface area contributed by atoms with E-state index in [1.807, 2.05) is 6.92 Å². The first-order valence-electron chi connectivity index (χ1n) is 4.68. The van der Waals surface area contributed by atoms with Gasteiger partial charge in [0.05, 0.1) is 7.11 Å². The van der Waals surface area contributed by atoms with E-state index in [0.717, 1.165) is 12.8 Å². The van der Waals surface area contributed by atoms with E-state index in [4.69, 9.17) is 4.74 Å². The molecular formula is C10H14O4. The molecule has 4 nitrogen and oxygen atoms in total. The summed E-state index contributed by atoms with van der Waals surface area (Å²) >= 11 is 0. The predicted molar refractivity (Wildman–Crippen MR) is 49.5 cm³/mol. The van der Waals surface area contributed by atoms with Gasteiger partial charge in [-0.3, -0.25) is 4.79 Å². The van der Waals surface area contributed by atoms with Crippen molar-refractivity contribution in [1.29, 1.82) is 0 Å². The second-order valence-electron chi connectivity index (χ2n) is 3.11. The van der Waals surface area contributed by atoms with Crippen LogP contribution in [0, 0.1) is 0 Å². The molecule has 0 saturated heterocycles. The molecule has 1 aliphatic heterocycles. The molecule has 1 rings (SSSR count). The van der Waals surface area contributed by atoms with Gasteiger partial charge in [-0.1, -0.05) is 13.3 Å². The van der Waals surface area contributed by atoms with Gasteiger partial charge >= 0.3 is 5.97 Å². The second-order valence-corrected chi connectivity index (χ2v) is 3.11. The van der Waals surface area contributed by atoms with E-state index in [-0.39, 0.29) is 18.0 Å². The van der Waals surface area contributed by atoms with Gasteiger partial charge in [0.2, 0.25) is 5.78 Å². The summed E-state index contributed by atoms with van der Waals surface area (Å²) in [6, 6.07) is 0. The van der Waals surface area contributed by atoms with Crippen LogP contribution in [0.2, 0.25) is 0 Å². The van der Waals surface area contributed by atoms with Gasteiger partial charge in [-0.2, -0.15) is 0 Å². The Bertz CT molecular complexity index is 278. The number of ketones is 1. The number of allylic oxidation sites excluding steroid dienone is 1. The van der Waals surface area contributed by atoms with Crippen molar-refractivity contribution in [1.82, 2.24) is 0 Å². The second kappa shape index (κ2) is 4.79. The zero-order valence-corrected chi connectivity index (χ0v) is 8.46. The SMILES string of the molecule is CCCCC1=C(C(=O)OC)C(=O)CO1. The van der Waals surface area contributed by atoms with Crippen LogP contribution in [0.3, 0.4) is 0 Å². The Morgan fingerprint density at radius 2 is 2.29 bits per heavy atom. The van der Waals surface area contributed by atoms with Gasteiger partial charge in [0.15, 0.2) is 6.61 Å². The van der Waals surface area contributed by atoms with Crippen LogP contribution >= 0.6 is 0 Å². The summed E-state index contributed by atoms with van der Waals surface area (Å²) < 4.78 is 9.65. The minimum atomic E-state index is -0.585.